The zero-order chi connectivity index (χ0) is 8.55. The lowest BCUT2D eigenvalue weighted by molar-refractivity contribution is 0.112. The van der Waals surface area contributed by atoms with Gasteiger partial charge in [0.2, 0.25) is 0 Å². The number of fused-ring (bicyclic) bond motifs is 1. The Morgan fingerprint density at radius 3 is 2.58 bits per heavy atom. The second kappa shape index (κ2) is 3.02. The van der Waals surface area contributed by atoms with Crippen LogP contribution in [0.5, 0.6) is 0 Å². The molecule has 1 nitrogen and oxygen atoms in total. The van der Waals surface area contributed by atoms with E-state index in [0.717, 1.165) is 29.2 Å². The summed E-state index contributed by atoms with van der Waals surface area (Å²) in [6.45, 7) is 0. The minimum absolute atomic E-state index is 0.774. The maximum atomic E-state index is 10.6. The number of aldehydes is 1. The molecule has 1 aromatic rings. The molecule has 0 heterocycles. The molecule has 0 saturated carbocycles. The highest BCUT2D eigenvalue weighted by atomic mass is 79.9. The number of benzene rings is 1. The highest BCUT2D eigenvalue weighted by Crippen LogP contribution is 2.27. The number of hydrogen-bond acceptors (Lipinski definition) is 1. The molecule has 1 aliphatic rings. The normalized spacial score (nSPS) is 14.4. The Morgan fingerprint density at radius 2 is 1.92 bits per heavy atom. The van der Waals surface area contributed by atoms with Crippen molar-refractivity contribution in [2.75, 3.05) is 0 Å². The average Bonchev–Trinajstić information content (AvgIpc) is 2.49. The molecule has 0 atom stereocenters. The maximum absolute atomic E-state index is 10.6. The molecule has 0 bridgehead atoms. The predicted octanol–water partition coefficient (Wildman–Crippen LogP) is 2.75. The van der Waals surface area contributed by atoms with Crippen LogP contribution in [0, 0.1) is 0 Å². The van der Waals surface area contributed by atoms with Crippen LogP contribution in [0.2, 0.25) is 0 Å². The topological polar surface area (TPSA) is 17.1 Å². The van der Waals surface area contributed by atoms with E-state index in [0.29, 0.717) is 0 Å². The van der Waals surface area contributed by atoms with Crippen LogP contribution in [0.25, 0.3) is 0 Å². The number of rotatable bonds is 1. The molecule has 2 rings (SSSR count). The Kier molecular flexibility index (Phi) is 2.01. The molecular weight excluding hydrogens is 216 g/mol. The Labute approximate surface area is 79.9 Å². The van der Waals surface area contributed by atoms with E-state index in [4.69, 9.17) is 0 Å². The quantitative estimate of drug-likeness (QED) is 0.671. The third kappa shape index (κ3) is 1.20. The summed E-state index contributed by atoms with van der Waals surface area (Å²) in [6, 6.07) is 4.07. The standard InChI is InChI=1S/C10H9BrO/c11-10-5-8-3-1-2-7(8)4-9(10)6-12/h4-6H,1-3H2. The lowest BCUT2D eigenvalue weighted by atomic mass is 10.1. The summed E-state index contributed by atoms with van der Waals surface area (Å²) in [5, 5.41) is 0. The van der Waals surface area contributed by atoms with Crippen LogP contribution in [0.15, 0.2) is 16.6 Å². The van der Waals surface area contributed by atoms with Gasteiger partial charge in [0.25, 0.3) is 0 Å². The molecule has 0 saturated heterocycles. The molecular formula is C10H9BrO. The van der Waals surface area contributed by atoms with Crippen molar-refractivity contribution >= 4 is 22.2 Å². The maximum Gasteiger partial charge on any atom is 0.151 e. The zero-order valence-corrected chi connectivity index (χ0v) is 8.23. The number of aryl methyl sites for hydroxylation is 2. The molecule has 0 N–H and O–H groups in total. The largest absolute Gasteiger partial charge is 0.298 e. The molecule has 0 unspecified atom stereocenters. The Balaban J connectivity index is 2.56. The van der Waals surface area contributed by atoms with Crippen LogP contribution < -0.4 is 0 Å². The fourth-order valence-corrected chi connectivity index (χ4v) is 2.19. The highest BCUT2D eigenvalue weighted by molar-refractivity contribution is 9.10. The van der Waals surface area contributed by atoms with Crippen molar-refractivity contribution in [1.29, 1.82) is 0 Å². The summed E-state index contributed by atoms with van der Waals surface area (Å²) in [7, 11) is 0. The molecule has 1 aliphatic carbocycles. The highest BCUT2D eigenvalue weighted by Gasteiger charge is 2.12. The smallest absolute Gasteiger partial charge is 0.151 e. The molecule has 2 heteroatoms. The van der Waals surface area contributed by atoms with E-state index in [1.54, 1.807) is 0 Å². The lowest BCUT2D eigenvalue weighted by Crippen LogP contribution is -1.88. The van der Waals surface area contributed by atoms with Crippen molar-refractivity contribution in [1.82, 2.24) is 0 Å². The van der Waals surface area contributed by atoms with Gasteiger partial charge in [-0.15, -0.1) is 0 Å². The first kappa shape index (κ1) is 7.99. The van der Waals surface area contributed by atoms with Crippen LogP contribution in [-0.4, -0.2) is 6.29 Å². The van der Waals surface area contributed by atoms with Gasteiger partial charge in [-0.3, -0.25) is 4.79 Å². The molecule has 62 valence electrons. The minimum atomic E-state index is 0.774. The average molecular weight is 225 g/mol. The van der Waals surface area contributed by atoms with Crippen molar-refractivity contribution < 1.29 is 4.79 Å². The van der Waals surface area contributed by atoms with E-state index < -0.39 is 0 Å². The van der Waals surface area contributed by atoms with Crippen molar-refractivity contribution in [2.45, 2.75) is 19.3 Å². The van der Waals surface area contributed by atoms with E-state index in [1.165, 1.54) is 17.5 Å². The van der Waals surface area contributed by atoms with Crippen molar-refractivity contribution in [3.05, 3.63) is 33.3 Å². The van der Waals surface area contributed by atoms with Crippen LogP contribution in [0.1, 0.15) is 27.9 Å². The van der Waals surface area contributed by atoms with Gasteiger partial charge in [0, 0.05) is 10.0 Å². The van der Waals surface area contributed by atoms with E-state index >= 15 is 0 Å². The minimum Gasteiger partial charge on any atom is -0.298 e. The van der Waals surface area contributed by atoms with E-state index in [2.05, 4.69) is 22.0 Å². The summed E-state index contributed by atoms with van der Waals surface area (Å²) in [4.78, 5) is 10.6. The van der Waals surface area contributed by atoms with Crippen LogP contribution in [-0.2, 0) is 12.8 Å². The van der Waals surface area contributed by atoms with Gasteiger partial charge in [0.1, 0.15) is 0 Å². The van der Waals surface area contributed by atoms with Gasteiger partial charge in [-0.1, -0.05) is 15.9 Å². The molecule has 0 aliphatic heterocycles. The van der Waals surface area contributed by atoms with Crippen LogP contribution >= 0.6 is 15.9 Å². The first-order valence-electron chi connectivity index (χ1n) is 4.08. The van der Waals surface area contributed by atoms with Crippen LogP contribution in [0.4, 0.5) is 0 Å². The van der Waals surface area contributed by atoms with Gasteiger partial charge < -0.3 is 0 Å². The van der Waals surface area contributed by atoms with Crippen molar-refractivity contribution in [2.24, 2.45) is 0 Å². The van der Waals surface area contributed by atoms with Gasteiger partial charge in [-0.25, -0.2) is 0 Å². The fraction of sp³-hybridized carbons (Fsp3) is 0.300. The molecule has 0 aromatic heterocycles. The Bertz CT molecular complexity index is 331. The molecule has 12 heavy (non-hydrogen) atoms. The number of carbonyl (C=O) groups excluding carboxylic acids is 1. The Hall–Kier alpha value is -0.630. The van der Waals surface area contributed by atoms with Crippen molar-refractivity contribution in [3.8, 4) is 0 Å². The first-order chi connectivity index (χ1) is 5.81. The summed E-state index contributed by atoms with van der Waals surface area (Å²) in [6.07, 6.45) is 4.42. The molecule has 1 aromatic carbocycles. The summed E-state index contributed by atoms with van der Waals surface area (Å²) in [5.41, 5.74) is 3.52. The summed E-state index contributed by atoms with van der Waals surface area (Å²) in [5.74, 6) is 0. The van der Waals surface area contributed by atoms with Gasteiger partial charge in [-0.2, -0.15) is 0 Å². The van der Waals surface area contributed by atoms with E-state index in [-0.39, 0.29) is 0 Å². The van der Waals surface area contributed by atoms with Gasteiger partial charge >= 0.3 is 0 Å². The lowest BCUT2D eigenvalue weighted by Gasteiger charge is -2.01. The fourth-order valence-electron chi connectivity index (χ4n) is 1.70. The van der Waals surface area contributed by atoms with Crippen molar-refractivity contribution in [3.63, 3.8) is 0 Å². The van der Waals surface area contributed by atoms with Gasteiger partial charge in [0.05, 0.1) is 0 Å². The molecule has 0 spiro atoms. The third-order valence-electron chi connectivity index (χ3n) is 2.34. The number of hydrogen-bond donors (Lipinski definition) is 0. The first-order valence-corrected chi connectivity index (χ1v) is 4.87. The molecule has 0 amide bonds. The Morgan fingerprint density at radius 1 is 1.25 bits per heavy atom. The molecule has 0 fully saturated rings. The van der Waals surface area contributed by atoms with E-state index in [1.807, 2.05) is 6.07 Å². The second-order valence-electron chi connectivity index (χ2n) is 3.11. The zero-order valence-electron chi connectivity index (χ0n) is 6.64. The van der Waals surface area contributed by atoms with E-state index in [9.17, 15) is 4.79 Å². The number of halogens is 1. The second-order valence-corrected chi connectivity index (χ2v) is 3.97. The van der Waals surface area contributed by atoms with Gasteiger partial charge in [-0.05, 0) is 42.5 Å². The number of carbonyl (C=O) groups is 1. The van der Waals surface area contributed by atoms with Crippen LogP contribution in [0.3, 0.4) is 0 Å². The monoisotopic (exact) mass is 224 g/mol. The predicted molar refractivity (Wildman–Crippen MR) is 51.6 cm³/mol. The molecule has 0 radical (unpaired) electrons. The summed E-state index contributed by atoms with van der Waals surface area (Å²) < 4.78 is 0.929. The van der Waals surface area contributed by atoms with Gasteiger partial charge in [0.15, 0.2) is 6.29 Å². The summed E-state index contributed by atoms with van der Waals surface area (Å²) >= 11 is 3.38. The SMILES string of the molecule is O=Cc1cc2c(cc1Br)CCC2. The third-order valence-corrected chi connectivity index (χ3v) is 3.02.